The highest BCUT2D eigenvalue weighted by Gasteiger charge is 2.11. The summed E-state index contributed by atoms with van der Waals surface area (Å²) >= 11 is 0. The fourth-order valence-electron chi connectivity index (χ4n) is 1.63. The van der Waals surface area contributed by atoms with Crippen LogP contribution in [0.2, 0.25) is 0 Å². The van der Waals surface area contributed by atoms with Gasteiger partial charge >= 0.3 is 0 Å². The Bertz CT molecular complexity index is 385. The first-order chi connectivity index (χ1) is 8.78. The summed E-state index contributed by atoms with van der Waals surface area (Å²) in [4.78, 5) is 6.72. The zero-order valence-corrected chi connectivity index (χ0v) is 13.0. The Morgan fingerprint density at radius 1 is 1.32 bits per heavy atom. The number of pyridine rings is 1. The second-order valence-corrected chi connectivity index (χ2v) is 6.10. The van der Waals surface area contributed by atoms with Crippen molar-refractivity contribution in [2.24, 2.45) is 0 Å². The normalized spacial score (nSPS) is 11.7. The molecule has 1 N–H and O–H groups in total. The molecule has 19 heavy (non-hydrogen) atoms. The highest BCUT2D eigenvalue weighted by atomic mass is 16.5. The van der Waals surface area contributed by atoms with Crippen molar-refractivity contribution in [3.63, 3.8) is 0 Å². The van der Waals surface area contributed by atoms with E-state index in [1.165, 1.54) is 0 Å². The Hall–Kier alpha value is -1.29. The van der Waals surface area contributed by atoms with Crippen LogP contribution in [0.15, 0.2) is 18.2 Å². The molecule has 1 aromatic heterocycles. The van der Waals surface area contributed by atoms with Crippen LogP contribution in [0.4, 0.5) is 11.6 Å². The lowest BCUT2D eigenvalue weighted by molar-refractivity contribution is 0.0845. The van der Waals surface area contributed by atoms with Crippen molar-refractivity contribution in [3.8, 4) is 0 Å². The van der Waals surface area contributed by atoms with Crippen LogP contribution in [0.25, 0.3) is 0 Å². The third kappa shape index (κ3) is 6.43. The van der Waals surface area contributed by atoms with E-state index in [9.17, 15) is 0 Å². The van der Waals surface area contributed by atoms with Gasteiger partial charge in [-0.25, -0.2) is 4.98 Å². The fourth-order valence-corrected chi connectivity index (χ4v) is 1.63. The first-order valence-electron chi connectivity index (χ1n) is 6.86. The van der Waals surface area contributed by atoms with Crippen molar-refractivity contribution in [2.75, 3.05) is 30.4 Å². The molecule has 0 saturated carbocycles. The maximum absolute atomic E-state index is 5.56. The molecule has 0 atom stereocenters. The molecule has 108 valence electrons. The number of likely N-dealkylation sites (N-methyl/N-ethyl adjacent to an activating group) is 1. The van der Waals surface area contributed by atoms with Crippen LogP contribution < -0.4 is 10.2 Å². The van der Waals surface area contributed by atoms with Crippen LogP contribution in [0, 0.1) is 0 Å². The van der Waals surface area contributed by atoms with E-state index in [1.807, 2.05) is 39.1 Å². The number of hydrogen-bond acceptors (Lipinski definition) is 4. The van der Waals surface area contributed by atoms with Crippen molar-refractivity contribution >= 4 is 11.6 Å². The van der Waals surface area contributed by atoms with Crippen LogP contribution in [-0.4, -0.2) is 36.8 Å². The van der Waals surface area contributed by atoms with Gasteiger partial charge in [-0.3, -0.25) is 0 Å². The van der Waals surface area contributed by atoms with Gasteiger partial charge in [0.2, 0.25) is 0 Å². The lowest BCUT2D eigenvalue weighted by Crippen LogP contribution is -2.28. The average molecular weight is 265 g/mol. The molecule has 0 aliphatic heterocycles. The van der Waals surface area contributed by atoms with Crippen molar-refractivity contribution < 1.29 is 4.74 Å². The van der Waals surface area contributed by atoms with Crippen molar-refractivity contribution in [3.05, 3.63) is 18.2 Å². The highest BCUT2D eigenvalue weighted by Crippen LogP contribution is 2.16. The standard InChI is InChI=1S/C15H27N3O/c1-12(2)19-11-10-18(6)14-9-7-8-13(16-14)17-15(3,4)5/h7-9,12H,10-11H2,1-6H3,(H,16,17). The smallest absolute Gasteiger partial charge is 0.130 e. The summed E-state index contributed by atoms with van der Waals surface area (Å²) in [5.41, 5.74) is 0.0188. The minimum absolute atomic E-state index is 0.0188. The molecule has 0 unspecified atom stereocenters. The zero-order chi connectivity index (χ0) is 14.5. The van der Waals surface area contributed by atoms with E-state index >= 15 is 0 Å². The van der Waals surface area contributed by atoms with Gasteiger partial charge in [-0.2, -0.15) is 0 Å². The Kier molecular flexibility index (Phi) is 5.60. The predicted octanol–water partition coefficient (Wildman–Crippen LogP) is 3.15. The van der Waals surface area contributed by atoms with Crippen LogP contribution in [0.3, 0.4) is 0 Å². The number of anilines is 2. The Balaban J connectivity index is 2.60. The third-order valence-electron chi connectivity index (χ3n) is 2.51. The topological polar surface area (TPSA) is 37.4 Å². The molecule has 1 rings (SSSR count). The quantitative estimate of drug-likeness (QED) is 0.857. The SMILES string of the molecule is CC(C)OCCN(C)c1cccc(NC(C)(C)C)n1. The largest absolute Gasteiger partial charge is 0.377 e. The first-order valence-corrected chi connectivity index (χ1v) is 6.86. The molecule has 0 saturated heterocycles. The van der Waals surface area contributed by atoms with Gasteiger partial charge in [0.25, 0.3) is 0 Å². The summed E-state index contributed by atoms with van der Waals surface area (Å²) in [6.45, 7) is 12.0. The molecule has 0 spiro atoms. The van der Waals surface area contributed by atoms with Crippen LogP contribution in [0.1, 0.15) is 34.6 Å². The first kappa shape index (κ1) is 15.8. The number of nitrogens with zero attached hydrogens (tertiary/aromatic N) is 2. The lowest BCUT2D eigenvalue weighted by Gasteiger charge is -2.23. The van der Waals surface area contributed by atoms with E-state index < -0.39 is 0 Å². The van der Waals surface area contributed by atoms with E-state index in [-0.39, 0.29) is 11.6 Å². The zero-order valence-electron chi connectivity index (χ0n) is 13.0. The van der Waals surface area contributed by atoms with Crippen LogP contribution in [0.5, 0.6) is 0 Å². The number of aromatic nitrogens is 1. The van der Waals surface area contributed by atoms with E-state index in [0.29, 0.717) is 6.61 Å². The molecular weight excluding hydrogens is 238 g/mol. The Morgan fingerprint density at radius 2 is 2.00 bits per heavy atom. The van der Waals surface area contributed by atoms with E-state index in [1.54, 1.807) is 0 Å². The molecule has 0 aliphatic carbocycles. The maximum Gasteiger partial charge on any atom is 0.130 e. The molecule has 1 heterocycles. The van der Waals surface area contributed by atoms with E-state index in [2.05, 4.69) is 36.0 Å². The second kappa shape index (κ2) is 6.75. The van der Waals surface area contributed by atoms with Crippen LogP contribution in [-0.2, 0) is 4.74 Å². The van der Waals surface area contributed by atoms with Gasteiger partial charge < -0.3 is 15.0 Å². The molecule has 1 aromatic rings. The average Bonchev–Trinajstić information content (AvgIpc) is 2.26. The van der Waals surface area contributed by atoms with Crippen molar-refractivity contribution in [1.82, 2.24) is 4.98 Å². The molecule has 0 radical (unpaired) electrons. The summed E-state index contributed by atoms with van der Waals surface area (Å²) in [5.74, 6) is 1.86. The number of rotatable bonds is 6. The van der Waals surface area contributed by atoms with Gasteiger partial charge in [-0.1, -0.05) is 6.07 Å². The highest BCUT2D eigenvalue weighted by molar-refractivity contribution is 5.47. The molecule has 0 amide bonds. The van der Waals surface area contributed by atoms with Gasteiger partial charge in [-0.15, -0.1) is 0 Å². The van der Waals surface area contributed by atoms with Gasteiger partial charge in [0.15, 0.2) is 0 Å². The minimum Gasteiger partial charge on any atom is -0.377 e. The van der Waals surface area contributed by atoms with Crippen molar-refractivity contribution in [1.29, 1.82) is 0 Å². The maximum atomic E-state index is 5.56. The lowest BCUT2D eigenvalue weighted by atomic mass is 10.1. The van der Waals surface area contributed by atoms with Crippen molar-refractivity contribution in [2.45, 2.75) is 46.3 Å². The third-order valence-corrected chi connectivity index (χ3v) is 2.51. The molecular formula is C15H27N3O. The minimum atomic E-state index is 0.0188. The molecule has 0 aliphatic rings. The van der Waals surface area contributed by atoms with Gasteiger partial charge in [-0.05, 0) is 46.8 Å². The van der Waals surface area contributed by atoms with E-state index in [4.69, 9.17) is 4.74 Å². The monoisotopic (exact) mass is 265 g/mol. The van der Waals surface area contributed by atoms with Crippen LogP contribution >= 0.6 is 0 Å². The molecule has 0 bridgehead atoms. The van der Waals surface area contributed by atoms with Gasteiger partial charge in [0, 0.05) is 19.1 Å². The van der Waals surface area contributed by atoms with Gasteiger partial charge in [0.1, 0.15) is 11.6 Å². The van der Waals surface area contributed by atoms with Gasteiger partial charge in [0.05, 0.1) is 12.7 Å². The summed E-state index contributed by atoms with van der Waals surface area (Å²) in [6, 6.07) is 6.03. The summed E-state index contributed by atoms with van der Waals surface area (Å²) in [7, 11) is 2.03. The second-order valence-electron chi connectivity index (χ2n) is 6.10. The number of ether oxygens (including phenoxy) is 1. The number of hydrogen-bond donors (Lipinski definition) is 1. The Morgan fingerprint density at radius 3 is 2.58 bits per heavy atom. The molecule has 0 aromatic carbocycles. The predicted molar refractivity (Wildman–Crippen MR) is 82.0 cm³/mol. The summed E-state index contributed by atoms with van der Waals surface area (Å²) in [5, 5.41) is 3.38. The molecule has 0 fully saturated rings. The molecule has 4 nitrogen and oxygen atoms in total. The summed E-state index contributed by atoms with van der Waals surface area (Å²) < 4.78 is 5.56. The fraction of sp³-hybridized carbons (Fsp3) is 0.667. The molecule has 4 heteroatoms. The Labute approximate surface area is 117 Å². The summed E-state index contributed by atoms with van der Waals surface area (Å²) in [6.07, 6.45) is 0.273. The number of nitrogens with one attached hydrogen (secondary N) is 1. The van der Waals surface area contributed by atoms with E-state index in [0.717, 1.165) is 18.2 Å².